The fourth-order valence-electron chi connectivity index (χ4n) is 4.03. The minimum atomic E-state index is -0.722. The van der Waals surface area contributed by atoms with Gasteiger partial charge in [0.25, 0.3) is 0 Å². The number of ether oxygens (including phenoxy) is 1. The van der Waals surface area contributed by atoms with Crippen LogP contribution in [0, 0.1) is 41.9 Å². The first-order valence-electron chi connectivity index (χ1n) is 11.8. The number of carboxylic acid groups (broad SMARTS) is 1. The standard InChI is InChI=1S/C14H22.C6H12O2.C5H8O3.C2H2/c1-4-13-11(3)6-7-12-9-10(2)5-8-14(12)13;1-4-6(2,3)5(7)8;6-4-1-2-8-5(7)3-4;1-2/h6-7,9-11,13-14H,4-5,8H2,1-3H3;4H2,1-3H3,(H,7,8);4,6H,1-3H2;1-2H/t10-,11+,13+,14+;;4-;/m1.1./s1. The van der Waals surface area contributed by atoms with Crippen molar-refractivity contribution in [3.05, 3.63) is 23.8 Å². The number of carboxylic acids is 1. The molecule has 0 spiro atoms. The summed E-state index contributed by atoms with van der Waals surface area (Å²) in [7, 11) is 0. The number of cyclic esters (lactones) is 1. The molecule has 0 aromatic carbocycles. The summed E-state index contributed by atoms with van der Waals surface area (Å²) >= 11 is 0. The monoisotopic (exact) mass is 448 g/mol. The molecular formula is C27H44O5. The molecule has 0 amide bonds. The van der Waals surface area contributed by atoms with E-state index in [0.717, 1.165) is 23.7 Å². The summed E-state index contributed by atoms with van der Waals surface area (Å²) in [5.74, 6) is 2.35. The minimum absolute atomic E-state index is 0.167. The van der Waals surface area contributed by atoms with Crippen LogP contribution in [-0.4, -0.2) is 34.9 Å². The van der Waals surface area contributed by atoms with Crippen LogP contribution in [0.3, 0.4) is 0 Å². The molecule has 0 saturated carbocycles. The second-order valence-electron chi connectivity index (χ2n) is 9.53. The molecule has 1 fully saturated rings. The zero-order valence-corrected chi connectivity index (χ0v) is 20.8. The van der Waals surface area contributed by atoms with Crippen molar-refractivity contribution >= 4 is 11.9 Å². The van der Waals surface area contributed by atoms with Crippen LogP contribution in [0.5, 0.6) is 0 Å². The van der Waals surface area contributed by atoms with E-state index in [1.54, 1.807) is 19.4 Å². The van der Waals surface area contributed by atoms with Crippen molar-refractivity contribution in [2.45, 2.75) is 86.2 Å². The van der Waals surface area contributed by atoms with Crippen LogP contribution < -0.4 is 0 Å². The van der Waals surface area contributed by atoms with E-state index in [1.165, 1.54) is 19.3 Å². The van der Waals surface area contributed by atoms with E-state index in [9.17, 15) is 9.59 Å². The van der Waals surface area contributed by atoms with E-state index in [2.05, 4.69) is 56.6 Å². The number of hydrogen-bond acceptors (Lipinski definition) is 4. The van der Waals surface area contributed by atoms with Crippen LogP contribution in [0.4, 0.5) is 0 Å². The maximum absolute atomic E-state index is 10.3. The number of hydrogen-bond donors (Lipinski definition) is 2. The number of carbonyl (C=O) groups excluding carboxylic acids is 1. The Kier molecular flexibility index (Phi) is 13.9. The number of esters is 1. The van der Waals surface area contributed by atoms with Gasteiger partial charge in [0.05, 0.1) is 24.5 Å². The molecule has 5 nitrogen and oxygen atoms in total. The third-order valence-electron chi connectivity index (χ3n) is 6.67. The molecule has 32 heavy (non-hydrogen) atoms. The smallest absolute Gasteiger partial charge is 0.309 e. The van der Waals surface area contributed by atoms with Crippen LogP contribution in [0.1, 0.15) is 80.1 Å². The van der Waals surface area contributed by atoms with Crippen molar-refractivity contribution in [2.24, 2.45) is 29.1 Å². The Labute approximate surface area is 195 Å². The molecule has 1 aliphatic heterocycles. The molecule has 5 heteroatoms. The summed E-state index contributed by atoms with van der Waals surface area (Å²) in [6, 6.07) is 0. The molecule has 0 unspecified atom stereocenters. The molecule has 0 bridgehead atoms. The fourth-order valence-corrected chi connectivity index (χ4v) is 4.03. The minimum Gasteiger partial charge on any atom is -0.481 e. The quantitative estimate of drug-likeness (QED) is 0.432. The summed E-state index contributed by atoms with van der Waals surface area (Å²) < 4.78 is 4.55. The van der Waals surface area contributed by atoms with Crippen LogP contribution >= 0.6 is 0 Å². The van der Waals surface area contributed by atoms with Crippen molar-refractivity contribution in [3.8, 4) is 12.8 Å². The van der Waals surface area contributed by atoms with Crippen molar-refractivity contribution < 1.29 is 24.5 Å². The molecule has 182 valence electrons. The first-order valence-corrected chi connectivity index (χ1v) is 11.8. The van der Waals surface area contributed by atoms with Crippen LogP contribution in [0.25, 0.3) is 0 Å². The van der Waals surface area contributed by atoms with Gasteiger partial charge in [-0.25, -0.2) is 0 Å². The second kappa shape index (κ2) is 14.9. The number of fused-ring (bicyclic) bond motifs is 1. The lowest BCUT2D eigenvalue weighted by Crippen LogP contribution is -2.27. The Morgan fingerprint density at radius 1 is 1.19 bits per heavy atom. The fraction of sp³-hybridized carbons (Fsp3) is 0.704. The van der Waals surface area contributed by atoms with Crippen molar-refractivity contribution in [1.29, 1.82) is 0 Å². The molecule has 0 radical (unpaired) electrons. The molecule has 0 aromatic heterocycles. The van der Waals surface area contributed by atoms with Gasteiger partial charge in [-0.1, -0.05) is 52.3 Å². The largest absolute Gasteiger partial charge is 0.481 e. The summed E-state index contributed by atoms with van der Waals surface area (Å²) in [6.07, 6.45) is 20.4. The Bertz CT molecular complexity index is 658. The highest BCUT2D eigenvalue weighted by Crippen LogP contribution is 2.42. The van der Waals surface area contributed by atoms with Gasteiger partial charge in [-0.3, -0.25) is 9.59 Å². The van der Waals surface area contributed by atoms with Crippen LogP contribution in [0.15, 0.2) is 23.8 Å². The lowest BCUT2D eigenvalue weighted by molar-refractivity contribution is -0.151. The van der Waals surface area contributed by atoms with Gasteiger partial charge in [-0.2, -0.15) is 0 Å². The van der Waals surface area contributed by atoms with E-state index in [-0.39, 0.29) is 12.4 Å². The summed E-state index contributed by atoms with van der Waals surface area (Å²) in [5.41, 5.74) is 1.09. The average Bonchev–Trinajstić information content (AvgIpc) is 2.76. The van der Waals surface area contributed by atoms with E-state index in [0.29, 0.717) is 19.4 Å². The molecule has 2 N–H and O–H groups in total. The Morgan fingerprint density at radius 2 is 1.81 bits per heavy atom. The number of terminal acetylenes is 1. The highest BCUT2D eigenvalue weighted by molar-refractivity contribution is 5.73. The first-order chi connectivity index (χ1) is 15.0. The van der Waals surface area contributed by atoms with Gasteiger partial charge in [-0.15, -0.1) is 12.8 Å². The Balaban J connectivity index is 0.000000462. The summed E-state index contributed by atoms with van der Waals surface area (Å²) in [5, 5.41) is 17.2. The zero-order valence-electron chi connectivity index (χ0n) is 20.8. The van der Waals surface area contributed by atoms with Gasteiger partial charge in [0, 0.05) is 6.42 Å². The van der Waals surface area contributed by atoms with Crippen molar-refractivity contribution in [2.75, 3.05) is 6.61 Å². The van der Waals surface area contributed by atoms with E-state index in [4.69, 9.17) is 10.2 Å². The zero-order chi connectivity index (χ0) is 24.9. The van der Waals surface area contributed by atoms with Crippen LogP contribution in [-0.2, 0) is 14.3 Å². The van der Waals surface area contributed by atoms with Gasteiger partial charge in [0.1, 0.15) is 0 Å². The number of aliphatic carboxylic acids is 1. The lowest BCUT2D eigenvalue weighted by atomic mass is 9.67. The average molecular weight is 449 g/mol. The predicted molar refractivity (Wildman–Crippen MR) is 130 cm³/mol. The number of allylic oxidation sites excluding steroid dienone is 4. The highest BCUT2D eigenvalue weighted by Gasteiger charge is 2.31. The predicted octanol–water partition coefficient (Wildman–Crippen LogP) is 5.63. The Hall–Kier alpha value is -2.06. The van der Waals surface area contributed by atoms with Gasteiger partial charge in [0.2, 0.25) is 0 Å². The normalized spacial score (nSPS) is 28.6. The number of rotatable bonds is 3. The molecule has 3 rings (SSSR count). The number of aliphatic hydroxyl groups is 1. The molecular weight excluding hydrogens is 404 g/mol. The number of carbonyl (C=O) groups is 2. The first kappa shape index (κ1) is 29.9. The maximum atomic E-state index is 10.3. The number of aliphatic hydroxyl groups excluding tert-OH is 1. The molecule has 3 aliphatic rings. The summed E-state index contributed by atoms with van der Waals surface area (Å²) in [6.45, 7) is 12.7. The molecule has 5 atom stereocenters. The lowest BCUT2D eigenvalue weighted by Gasteiger charge is -2.38. The topological polar surface area (TPSA) is 83.8 Å². The van der Waals surface area contributed by atoms with Gasteiger partial charge in [-0.05, 0) is 62.4 Å². The molecule has 0 aromatic rings. The SMILES string of the molecule is C#C.CCC(C)(C)C(=O)O.CC[C@H]1[C@@H](C)C=CC2=C[C@H](C)CC[C@@H]21.O=C1C[C@H](O)CCO1. The van der Waals surface area contributed by atoms with Gasteiger partial charge >= 0.3 is 11.9 Å². The van der Waals surface area contributed by atoms with Gasteiger partial charge in [0.15, 0.2) is 0 Å². The summed E-state index contributed by atoms with van der Waals surface area (Å²) in [4.78, 5) is 20.5. The van der Waals surface area contributed by atoms with E-state index < -0.39 is 17.5 Å². The highest BCUT2D eigenvalue weighted by atomic mass is 16.5. The van der Waals surface area contributed by atoms with Crippen LogP contribution in [0.2, 0.25) is 0 Å². The van der Waals surface area contributed by atoms with E-state index in [1.807, 2.05) is 6.92 Å². The van der Waals surface area contributed by atoms with Gasteiger partial charge < -0.3 is 14.9 Å². The molecule has 1 saturated heterocycles. The van der Waals surface area contributed by atoms with Crippen molar-refractivity contribution in [3.63, 3.8) is 0 Å². The van der Waals surface area contributed by atoms with E-state index >= 15 is 0 Å². The third-order valence-corrected chi connectivity index (χ3v) is 6.67. The molecule has 1 heterocycles. The molecule has 2 aliphatic carbocycles. The second-order valence-corrected chi connectivity index (χ2v) is 9.53. The van der Waals surface area contributed by atoms with Crippen molar-refractivity contribution in [1.82, 2.24) is 0 Å². The third kappa shape index (κ3) is 10.0. The Morgan fingerprint density at radius 3 is 2.22 bits per heavy atom. The maximum Gasteiger partial charge on any atom is 0.309 e.